The summed E-state index contributed by atoms with van der Waals surface area (Å²) in [5, 5.41) is 0. The molecule has 116 valence electrons. The number of hydrogen-bond acceptors (Lipinski definition) is 4. The van der Waals surface area contributed by atoms with Crippen LogP contribution in [0.5, 0.6) is 0 Å². The van der Waals surface area contributed by atoms with Gasteiger partial charge in [-0.3, -0.25) is 4.90 Å². The van der Waals surface area contributed by atoms with Crippen molar-refractivity contribution in [1.29, 1.82) is 0 Å². The average molecular weight is 309 g/mol. The number of nitrogens with two attached hydrogens (primary N) is 1. The minimum atomic E-state index is -3.45. The summed E-state index contributed by atoms with van der Waals surface area (Å²) in [6, 6.07) is 4.26. The number of nitrogen functional groups attached to an aromatic ring is 1. The van der Waals surface area contributed by atoms with Crippen LogP contribution in [0.4, 0.5) is 5.69 Å². The first-order chi connectivity index (χ1) is 9.91. The van der Waals surface area contributed by atoms with E-state index in [1.165, 1.54) is 12.8 Å². The Bertz CT molecular complexity index is 645. The van der Waals surface area contributed by atoms with Gasteiger partial charge in [0.05, 0.1) is 4.90 Å². The number of nitrogens with zero attached hydrogens (tertiary/aromatic N) is 2. The van der Waals surface area contributed by atoms with Crippen molar-refractivity contribution < 1.29 is 8.42 Å². The lowest BCUT2D eigenvalue weighted by molar-refractivity contribution is 0.180. The van der Waals surface area contributed by atoms with E-state index >= 15 is 0 Å². The van der Waals surface area contributed by atoms with Crippen LogP contribution in [0.3, 0.4) is 0 Å². The second-order valence-corrected chi connectivity index (χ2v) is 7.97. The molecule has 2 aliphatic rings. The van der Waals surface area contributed by atoms with Crippen molar-refractivity contribution in [3.63, 3.8) is 0 Å². The van der Waals surface area contributed by atoms with E-state index in [0.29, 0.717) is 35.3 Å². The predicted molar refractivity (Wildman–Crippen MR) is 83.7 cm³/mol. The van der Waals surface area contributed by atoms with E-state index in [1.807, 2.05) is 6.92 Å². The highest BCUT2D eigenvalue weighted by atomic mass is 32.2. The van der Waals surface area contributed by atoms with Crippen LogP contribution in [-0.2, 0) is 10.0 Å². The van der Waals surface area contributed by atoms with Crippen molar-refractivity contribution >= 4 is 15.7 Å². The van der Waals surface area contributed by atoms with E-state index in [4.69, 9.17) is 5.73 Å². The zero-order valence-electron chi connectivity index (χ0n) is 12.7. The molecule has 1 aliphatic heterocycles. The average Bonchev–Trinajstić information content (AvgIpc) is 3.28. The number of benzene rings is 1. The lowest BCUT2D eigenvalue weighted by Crippen LogP contribution is -2.49. The highest BCUT2D eigenvalue weighted by Gasteiger charge is 2.35. The predicted octanol–water partition coefficient (Wildman–Crippen LogP) is 1.35. The first-order valence-corrected chi connectivity index (χ1v) is 8.95. The Kier molecular flexibility index (Phi) is 3.71. The van der Waals surface area contributed by atoms with Crippen molar-refractivity contribution in [2.45, 2.75) is 37.6 Å². The van der Waals surface area contributed by atoms with Gasteiger partial charge in [-0.25, -0.2) is 8.42 Å². The third-order valence-corrected chi connectivity index (χ3v) is 6.77. The normalized spacial score (nSPS) is 21.6. The van der Waals surface area contributed by atoms with Gasteiger partial charge in [-0.15, -0.1) is 0 Å². The minimum Gasteiger partial charge on any atom is -0.398 e. The molecule has 0 aromatic heterocycles. The monoisotopic (exact) mass is 309 g/mol. The van der Waals surface area contributed by atoms with Crippen LogP contribution in [0.15, 0.2) is 17.0 Å². The molecule has 5 nitrogen and oxygen atoms in total. The van der Waals surface area contributed by atoms with Crippen molar-refractivity contribution in [2.75, 3.05) is 31.9 Å². The van der Waals surface area contributed by atoms with E-state index in [-0.39, 0.29) is 0 Å². The molecule has 1 saturated carbocycles. The summed E-state index contributed by atoms with van der Waals surface area (Å²) >= 11 is 0. The molecule has 21 heavy (non-hydrogen) atoms. The largest absolute Gasteiger partial charge is 0.398 e. The summed E-state index contributed by atoms with van der Waals surface area (Å²) in [4.78, 5) is 2.80. The van der Waals surface area contributed by atoms with Crippen molar-refractivity contribution in [2.24, 2.45) is 0 Å². The molecule has 1 heterocycles. The third-order valence-electron chi connectivity index (χ3n) is 4.58. The van der Waals surface area contributed by atoms with Gasteiger partial charge < -0.3 is 5.73 Å². The Balaban J connectivity index is 1.86. The molecule has 0 bridgehead atoms. The lowest BCUT2D eigenvalue weighted by Gasteiger charge is -2.34. The topological polar surface area (TPSA) is 66.6 Å². The highest BCUT2D eigenvalue weighted by Crippen LogP contribution is 2.31. The number of piperazine rings is 1. The van der Waals surface area contributed by atoms with Gasteiger partial charge in [-0.05, 0) is 43.9 Å². The smallest absolute Gasteiger partial charge is 0.243 e. The number of rotatable bonds is 3. The zero-order chi connectivity index (χ0) is 15.2. The lowest BCUT2D eigenvalue weighted by atomic mass is 10.1. The molecule has 1 aliphatic carbocycles. The molecule has 0 atom stereocenters. The van der Waals surface area contributed by atoms with Crippen LogP contribution in [0.2, 0.25) is 0 Å². The Morgan fingerprint density at radius 2 is 1.71 bits per heavy atom. The van der Waals surface area contributed by atoms with E-state index < -0.39 is 10.0 Å². The van der Waals surface area contributed by atoms with Crippen molar-refractivity contribution in [1.82, 2.24) is 9.21 Å². The maximum Gasteiger partial charge on any atom is 0.243 e. The van der Waals surface area contributed by atoms with Gasteiger partial charge in [0.2, 0.25) is 10.0 Å². The van der Waals surface area contributed by atoms with Crippen molar-refractivity contribution in [3.8, 4) is 0 Å². The molecule has 0 spiro atoms. The fraction of sp³-hybridized carbons (Fsp3) is 0.600. The summed E-state index contributed by atoms with van der Waals surface area (Å²) < 4.78 is 27.5. The fourth-order valence-electron chi connectivity index (χ4n) is 3.12. The van der Waals surface area contributed by atoms with E-state index in [1.54, 1.807) is 23.4 Å². The number of hydrogen-bond donors (Lipinski definition) is 1. The molecule has 1 saturated heterocycles. The Morgan fingerprint density at radius 3 is 2.29 bits per heavy atom. The number of aryl methyl sites for hydroxylation is 1. The van der Waals surface area contributed by atoms with Crippen LogP contribution < -0.4 is 5.73 Å². The molecule has 6 heteroatoms. The Morgan fingerprint density at radius 1 is 1.10 bits per heavy atom. The molecule has 0 amide bonds. The molecular weight excluding hydrogens is 286 g/mol. The van der Waals surface area contributed by atoms with Crippen LogP contribution in [0.1, 0.15) is 24.0 Å². The summed E-state index contributed by atoms with van der Waals surface area (Å²) in [6.07, 6.45) is 2.53. The van der Waals surface area contributed by atoms with Crippen molar-refractivity contribution in [3.05, 3.63) is 23.3 Å². The SMILES string of the molecule is Cc1ccc(N)c(C)c1S(=O)(=O)N1CCN(C2CC2)CC1. The molecule has 1 aromatic carbocycles. The molecule has 2 N–H and O–H groups in total. The van der Waals surface area contributed by atoms with Gasteiger partial charge in [0.25, 0.3) is 0 Å². The second-order valence-electron chi connectivity index (χ2n) is 6.10. The fourth-order valence-corrected chi connectivity index (χ4v) is 5.00. The van der Waals surface area contributed by atoms with Gasteiger partial charge in [0.1, 0.15) is 0 Å². The Labute approximate surface area is 126 Å². The van der Waals surface area contributed by atoms with Crippen LogP contribution in [0, 0.1) is 13.8 Å². The molecular formula is C15H23N3O2S. The third kappa shape index (κ3) is 2.67. The van der Waals surface area contributed by atoms with Crippen LogP contribution in [-0.4, -0.2) is 49.8 Å². The number of anilines is 1. The van der Waals surface area contributed by atoms with Gasteiger partial charge >= 0.3 is 0 Å². The summed E-state index contributed by atoms with van der Waals surface area (Å²) in [6.45, 7) is 6.45. The second kappa shape index (κ2) is 5.26. The molecule has 0 unspecified atom stereocenters. The number of sulfonamides is 1. The van der Waals surface area contributed by atoms with Gasteiger partial charge in [0.15, 0.2) is 0 Å². The van der Waals surface area contributed by atoms with Gasteiger partial charge in [-0.1, -0.05) is 6.07 Å². The van der Waals surface area contributed by atoms with E-state index in [9.17, 15) is 8.42 Å². The quantitative estimate of drug-likeness (QED) is 0.856. The van der Waals surface area contributed by atoms with E-state index in [0.717, 1.165) is 18.7 Å². The molecule has 2 fully saturated rings. The maximum absolute atomic E-state index is 12.9. The van der Waals surface area contributed by atoms with E-state index in [2.05, 4.69) is 4.90 Å². The van der Waals surface area contributed by atoms with Crippen LogP contribution >= 0.6 is 0 Å². The Hall–Kier alpha value is -1.11. The summed E-state index contributed by atoms with van der Waals surface area (Å²) in [7, 11) is -3.45. The maximum atomic E-state index is 12.9. The first-order valence-electron chi connectivity index (χ1n) is 7.51. The highest BCUT2D eigenvalue weighted by molar-refractivity contribution is 7.89. The minimum absolute atomic E-state index is 0.391. The standard InChI is InChI=1S/C15H23N3O2S/c1-11-3-6-14(16)12(2)15(11)21(19,20)18-9-7-17(8-10-18)13-4-5-13/h3,6,13H,4-5,7-10,16H2,1-2H3. The molecule has 0 radical (unpaired) electrons. The van der Waals surface area contributed by atoms with Crippen LogP contribution in [0.25, 0.3) is 0 Å². The summed E-state index contributed by atoms with van der Waals surface area (Å²) in [5.74, 6) is 0. The summed E-state index contributed by atoms with van der Waals surface area (Å²) in [5.41, 5.74) is 7.87. The molecule has 1 aromatic rings. The zero-order valence-corrected chi connectivity index (χ0v) is 13.5. The first kappa shape index (κ1) is 14.8. The molecule has 3 rings (SSSR count). The van der Waals surface area contributed by atoms with Gasteiger partial charge in [-0.2, -0.15) is 4.31 Å². The van der Waals surface area contributed by atoms with Gasteiger partial charge in [0, 0.05) is 37.9 Å².